The van der Waals surface area contributed by atoms with Gasteiger partial charge in [0.1, 0.15) is 5.75 Å². The Bertz CT molecular complexity index is 365. The molecule has 1 aromatic rings. The molecule has 0 fully saturated rings. The zero-order chi connectivity index (χ0) is 15.0. The molecule has 114 valence electrons. The molecule has 0 saturated heterocycles. The Balaban J connectivity index is 2.59. The maximum Gasteiger partial charge on any atom is 0.387 e. The van der Waals surface area contributed by atoms with Crippen LogP contribution in [0.4, 0.5) is 8.78 Å². The number of nitrogens with one attached hydrogen (secondary N) is 1. The molecule has 3 nitrogen and oxygen atoms in total. The summed E-state index contributed by atoms with van der Waals surface area (Å²) in [5.41, 5.74) is 1.03. The third-order valence-corrected chi connectivity index (χ3v) is 3.10. The molecule has 5 heteroatoms. The van der Waals surface area contributed by atoms with Crippen LogP contribution in [-0.4, -0.2) is 26.4 Å². The van der Waals surface area contributed by atoms with Crippen molar-refractivity contribution in [2.45, 2.75) is 45.4 Å². The maximum atomic E-state index is 12.1. The minimum absolute atomic E-state index is 0.127. The first-order chi connectivity index (χ1) is 9.56. The topological polar surface area (TPSA) is 30.5 Å². The Kier molecular flexibility index (Phi) is 7.47. The highest BCUT2D eigenvalue weighted by Gasteiger charge is 2.13. The van der Waals surface area contributed by atoms with E-state index in [1.54, 1.807) is 31.4 Å². The number of rotatable bonds is 9. The number of hydrogen-bond acceptors (Lipinski definition) is 3. The Hall–Kier alpha value is -1.20. The standard InChI is InChI=1S/C15H23F2NO2/c1-4-5-13(10-19-3)18-11(2)12-6-8-14(9-7-12)20-15(16)17/h6-9,11,13,15,18H,4-5,10H2,1-3H3. The third kappa shape index (κ3) is 5.84. The van der Waals surface area contributed by atoms with Crippen LogP contribution in [0.3, 0.4) is 0 Å². The average Bonchev–Trinajstić information content (AvgIpc) is 2.39. The second-order valence-corrected chi connectivity index (χ2v) is 4.78. The minimum atomic E-state index is -2.79. The van der Waals surface area contributed by atoms with Crippen molar-refractivity contribution in [3.63, 3.8) is 0 Å². The maximum absolute atomic E-state index is 12.1. The van der Waals surface area contributed by atoms with E-state index in [9.17, 15) is 8.78 Å². The fourth-order valence-electron chi connectivity index (χ4n) is 2.15. The number of benzene rings is 1. The van der Waals surface area contributed by atoms with Gasteiger partial charge in [-0.3, -0.25) is 0 Å². The van der Waals surface area contributed by atoms with Crippen LogP contribution in [0.25, 0.3) is 0 Å². The van der Waals surface area contributed by atoms with Gasteiger partial charge in [0.2, 0.25) is 0 Å². The number of methoxy groups -OCH3 is 1. The molecule has 1 N–H and O–H groups in total. The lowest BCUT2D eigenvalue weighted by molar-refractivity contribution is -0.0498. The number of alkyl halides is 2. The van der Waals surface area contributed by atoms with Gasteiger partial charge >= 0.3 is 6.61 Å². The molecule has 0 aromatic heterocycles. The van der Waals surface area contributed by atoms with Gasteiger partial charge in [0.15, 0.2) is 0 Å². The van der Waals surface area contributed by atoms with Crippen LogP contribution < -0.4 is 10.1 Å². The van der Waals surface area contributed by atoms with Crippen LogP contribution in [0.2, 0.25) is 0 Å². The Labute approximate surface area is 119 Å². The largest absolute Gasteiger partial charge is 0.435 e. The molecule has 2 unspecified atom stereocenters. The van der Waals surface area contributed by atoms with Gasteiger partial charge in [-0.05, 0) is 31.0 Å². The van der Waals surface area contributed by atoms with Crippen LogP contribution >= 0.6 is 0 Å². The van der Waals surface area contributed by atoms with E-state index in [1.807, 2.05) is 6.92 Å². The summed E-state index contributed by atoms with van der Waals surface area (Å²) in [7, 11) is 1.69. The highest BCUT2D eigenvalue weighted by molar-refractivity contribution is 5.29. The molecule has 0 aliphatic rings. The first-order valence-corrected chi connectivity index (χ1v) is 6.86. The summed E-state index contributed by atoms with van der Waals surface area (Å²) >= 11 is 0. The zero-order valence-corrected chi connectivity index (χ0v) is 12.2. The van der Waals surface area contributed by atoms with Crippen LogP contribution in [0.1, 0.15) is 38.3 Å². The summed E-state index contributed by atoms with van der Waals surface area (Å²) in [6, 6.07) is 7.13. The number of hydrogen-bond donors (Lipinski definition) is 1. The summed E-state index contributed by atoms with van der Waals surface area (Å²) in [6.45, 7) is 2.05. The predicted molar refractivity (Wildman–Crippen MR) is 75.2 cm³/mol. The van der Waals surface area contributed by atoms with Crippen molar-refractivity contribution < 1.29 is 18.3 Å². The summed E-state index contributed by atoms with van der Waals surface area (Å²) in [5.74, 6) is 0.179. The molecule has 0 spiro atoms. The molecule has 0 saturated carbocycles. The van der Waals surface area contributed by atoms with Crippen molar-refractivity contribution in [3.05, 3.63) is 29.8 Å². The fourth-order valence-corrected chi connectivity index (χ4v) is 2.15. The lowest BCUT2D eigenvalue weighted by Crippen LogP contribution is -2.35. The molecule has 0 bridgehead atoms. The van der Waals surface area contributed by atoms with Crippen molar-refractivity contribution in [2.24, 2.45) is 0 Å². The molecule has 0 radical (unpaired) electrons. The summed E-state index contributed by atoms with van der Waals surface area (Å²) < 4.78 is 33.7. The van der Waals surface area contributed by atoms with Gasteiger partial charge in [-0.2, -0.15) is 8.78 Å². The Morgan fingerprint density at radius 2 is 1.85 bits per heavy atom. The monoisotopic (exact) mass is 287 g/mol. The lowest BCUT2D eigenvalue weighted by Gasteiger charge is -2.23. The van der Waals surface area contributed by atoms with Crippen LogP contribution in [0.15, 0.2) is 24.3 Å². The van der Waals surface area contributed by atoms with Gasteiger partial charge in [-0.15, -0.1) is 0 Å². The quantitative estimate of drug-likeness (QED) is 0.750. The van der Waals surface area contributed by atoms with E-state index in [2.05, 4.69) is 17.0 Å². The van der Waals surface area contributed by atoms with E-state index in [-0.39, 0.29) is 17.8 Å². The molecule has 1 rings (SSSR count). The smallest absolute Gasteiger partial charge is 0.387 e. The van der Waals surface area contributed by atoms with Crippen molar-refractivity contribution in [2.75, 3.05) is 13.7 Å². The molecular weight excluding hydrogens is 264 g/mol. The SMILES string of the molecule is CCCC(COC)NC(C)c1ccc(OC(F)F)cc1. The summed E-state index contributed by atoms with van der Waals surface area (Å²) in [4.78, 5) is 0. The first-order valence-electron chi connectivity index (χ1n) is 6.86. The van der Waals surface area contributed by atoms with E-state index < -0.39 is 6.61 Å². The van der Waals surface area contributed by atoms with Gasteiger partial charge in [0.05, 0.1) is 6.61 Å². The van der Waals surface area contributed by atoms with Gasteiger partial charge in [0.25, 0.3) is 0 Å². The molecule has 20 heavy (non-hydrogen) atoms. The average molecular weight is 287 g/mol. The van der Waals surface area contributed by atoms with Gasteiger partial charge < -0.3 is 14.8 Å². The van der Waals surface area contributed by atoms with E-state index in [0.717, 1.165) is 18.4 Å². The zero-order valence-electron chi connectivity index (χ0n) is 12.2. The Morgan fingerprint density at radius 3 is 2.35 bits per heavy atom. The van der Waals surface area contributed by atoms with E-state index >= 15 is 0 Å². The van der Waals surface area contributed by atoms with Crippen molar-refractivity contribution in [1.29, 1.82) is 0 Å². The van der Waals surface area contributed by atoms with Gasteiger partial charge in [-0.25, -0.2) is 0 Å². The summed E-state index contributed by atoms with van der Waals surface area (Å²) in [6.07, 6.45) is 2.11. The fraction of sp³-hybridized carbons (Fsp3) is 0.600. The second kappa shape index (κ2) is 8.87. The normalized spacial score (nSPS) is 14.3. The molecule has 0 amide bonds. The summed E-state index contributed by atoms with van der Waals surface area (Å²) in [5, 5.41) is 3.48. The van der Waals surface area contributed by atoms with E-state index in [4.69, 9.17) is 4.74 Å². The van der Waals surface area contributed by atoms with E-state index in [1.165, 1.54) is 0 Å². The molecule has 0 heterocycles. The molecular formula is C15H23F2NO2. The molecule has 0 aliphatic carbocycles. The van der Waals surface area contributed by atoms with Crippen LogP contribution in [0, 0.1) is 0 Å². The van der Waals surface area contributed by atoms with Gasteiger partial charge in [-0.1, -0.05) is 25.5 Å². The molecule has 0 aliphatic heterocycles. The number of halogens is 2. The third-order valence-electron chi connectivity index (χ3n) is 3.10. The van der Waals surface area contributed by atoms with Gasteiger partial charge in [0, 0.05) is 19.2 Å². The highest BCUT2D eigenvalue weighted by Crippen LogP contribution is 2.20. The second-order valence-electron chi connectivity index (χ2n) is 4.78. The number of ether oxygens (including phenoxy) is 2. The minimum Gasteiger partial charge on any atom is -0.435 e. The molecule has 1 aromatic carbocycles. The van der Waals surface area contributed by atoms with E-state index in [0.29, 0.717) is 6.61 Å². The van der Waals surface area contributed by atoms with Crippen LogP contribution in [-0.2, 0) is 4.74 Å². The lowest BCUT2D eigenvalue weighted by atomic mass is 10.1. The first kappa shape index (κ1) is 16.9. The van der Waals surface area contributed by atoms with Crippen molar-refractivity contribution in [1.82, 2.24) is 5.32 Å². The molecule has 2 atom stereocenters. The Morgan fingerprint density at radius 1 is 1.20 bits per heavy atom. The van der Waals surface area contributed by atoms with Crippen molar-refractivity contribution in [3.8, 4) is 5.75 Å². The predicted octanol–water partition coefficient (Wildman–Crippen LogP) is 3.75. The van der Waals surface area contributed by atoms with Crippen molar-refractivity contribution >= 4 is 0 Å². The highest BCUT2D eigenvalue weighted by atomic mass is 19.3. The van der Waals surface area contributed by atoms with Crippen LogP contribution in [0.5, 0.6) is 5.75 Å².